The molecule has 0 aliphatic carbocycles. The van der Waals surface area contributed by atoms with Crippen molar-refractivity contribution in [2.45, 2.75) is 12.5 Å². The fourth-order valence-electron chi connectivity index (χ4n) is 2.41. The SMILES string of the molecule is COc1ccc(OC(=O)N2C(=O)C[C@H]2/C=C/c2ccccc2)cc1. The van der Waals surface area contributed by atoms with E-state index < -0.39 is 6.09 Å². The average Bonchev–Trinajstić information content (AvgIpc) is 2.59. The van der Waals surface area contributed by atoms with Crippen LogP contribution in [0, 0.1) is 0 Å². The third kappa shape index (κ3) is 3.46. The van der Waals surface area contributed by atoms with Crippen molar-refractivity contribution in [3.05, 3.63) is 66.2 Å². The maximum Gasteiger partial charge on any atom is 0.422 e. The predicted molar refractivity (Wildman–Crippen MR) is 89.7 cm³/mol. The van der Waals surface area contributed by atoms with Crippen LogP contribution in [-0.2, 0) is 4.79 Å². The summed E-state index contributed by atoms with van der Waals surface area (Å²) in [5.41, 5.74) is 1.01. The molecule has 1 saturated heterocycles. The fourth-order valence-corrected chi connectivity index (χ4v) is 2.41. The Morgan fingerprint density at radius 3 is 2.38 bits per heavy atom. The van der Waals surface area contributed by atoms with Crippen LogP contribution in [0.15, 0.2) is 60.7 Å². The number of nitrogens with zero attached hydrogens (tertiary/aromatic N) is 1. The number of β-lactam (4-membered cyclic amide) rings is 1. The Morgan fingerprint density at radius 2 is 1.75 bits per heavy atom. The van der Waals surface area contributed by atoms with Gasteiger partial charge in [0.05, 0.1) is 19.6 Å². The molecule has 24 heavy (non-hydrogen) atoms. The molecule has 122 valence electrons. The first-order chi connectivity index (χ1) is 11.7. The van der Waals surface area contributed by atoms with Crippen LogP contribution >= 0.6 is 0 Å². The van der Waals surface area contributed by atoms with Gasteiger partial charge in [-0.05, 0) is 29.8 Å². The van der Waals surface area contributed by atoms with Gasteiger partial charge in [-0.1, -0.05) is 42.5 Å². The van der Waals surface area contributed by atoms with Crippen molar-refractivity contribution in [3.63, 3.8) is 0 Å². The molecule has 0 aromatic heterocycles. The lowest BCUT2D eigenvalue weighted by Gasteiger charge is -2.35. The Hall–Kier alpha value is -3.08. The van der Waals surface area contributed by atoms with Gasteiger partial charge >= 0.3 is 6.09 Å². The lowest BCUT2D eigenvalue weighted by molar-refractivity contribution is -0.139. The number of benzene rings is 2. The monoisotopic (exact) mass is 323 g/mol. The molecule has 2 aromatic rings. The molecule has 5 nitrogen and oxygen atoms in total. The number of carbonyl (C=O) groups excluding carboxylic acids is 2. The summed E-state index contributed by atoms with van der Waals surface area (Å²) in [6.07, 6.45) is 3.37. The first kappa shape index (κ1) is 15.8. The second-order valence-corrected chi connectivity index (χ2v) is 5.35. The van der Waals surface area contributed by atoms with Crippen molar-refractivity contribution in [2.24, 2.45) is 0 Å². The number of ether oxygens (including phenoxy) is 2. The number of hydrogen-bond acceptors (Lipinski definition) is 4. The second kappa shape index (κ2) is 7.00. The number of methoxy groups -OCH3 is 1. The van der Waals surface area contributed by atoms with Crippen molar-refractivity contribution in [1.29, 1.82) is 0 Å². The zero-order valence-electron chi connectivity index (χ0n) is 13.2. The molecule has 1 fully saturated rings. The number of amides is 2. The van der Waals surface area contributed by atoms with E-state index in [4.69, 9.17) is 9.47 Å². The summed E-state index contributed by atoms with van der Waals surface area (Å²) >= 11 is 0. The van der Waals surface area contributed by atoms with E-state index in [-0.39, 0.29) is 11.9 Å². The smallest absolute Gasteiger partial charge is 0.422 e. The Balaban J connectivity index is 1.64. The second-order valence-electron chi connectivity index (χ2n) is 5.35. The van der Waals surface area contributed by atoms with E-state index in [0.29, 0.717) is 17.9 Å². The summed E-state index contributed by atoms with van der Waals surface area (Å²) < 4.78 is 10.3. The van der Waals surface area contributed by atoms with Crippen LogP contribution in [0.2, 0.25) is 0 Å². The minimum atomic E-state index is -0.667. The number of likely N-dealkylation sites (tertiary alicyclic amines) is 1. The summed E-state index contributed by atoms with van der Waals surface area (Å²) in [4.78, 5) is 25.1. The highest BCUT2D eigenvalue weighted by Crippen LogP contribution is 2.24. The molecule has 0 bridgehead atoms. The summed E-state index contributed by atoms with van der Waals surface area (Å²) in [5.74, 6) is 0.793. The van der Waals surface area contributed by atoms with Crippen LogP contribution in [-0.4, -0.2) is 30.1 Å². The van der Waals surface area contributed by atoms with E-state index in [1.807, 2.05) is 42.5 Å². The topological polar surface area (TPSA) is 55.8 Å². The molecule has 5 heteroatoms. The van der Waals surface area contributed by atoms with Gasteiger partial charge in [-0.2, -0.15) is 0 Å². The predicted octanol–water partition coefficient (Wildman–Crippen LogP) is 3.51. The van der Waals surface area contributed by atoms with Gasteiger partial charge < -0.3 is 9.47 Å². The summed E-state index contributed by atoms with van der Waals surface area (Å²) in [6, 6.07) is 16.1. The van der Waals surface area contributed by atoms with Crippen molar-refractivity contribution in [1.82, 2.24) is 4.90 Å². The number of imide groups is 1. The third-order valence-electron chi connectivity index (χ3n) is 3.76. The molecule has 2 aromatic carbocycles. The van der Waals surface area contributed by atoms with Gasteiger partial charge in [0.15, 0.2) is 0 Å². The van der Waals surface area contributed by atoms with Gasteiger partial charge in [-0.3, -0.25) is 4.79 Å². The van der Waals surface area contributed by atoms with Gasteiger partial charge in [0.1, 0.15) is 11.5 Å². The number of rotatable bonds is 4. The van der Waals surface area contributed by atoms with Crippen molar-refractivity contribution < 1.29 is 19.1 Å². The molecular weight excluding hydrogens is 306 g/mol. The molecule has 0 spiro atoms. The Kier molecular flexibility index (Phi) is 4.61. The molecule has 0 radical (unpaired) electrons. The molecule has 0 N–H and O–H groups in total. The van der Waals surface area contributed by atoms with Crippen molar-refractivity contribution in [3.8, 4) is 11.5 Å². The number of hydrogen-bond donors (Lipinski definition) is 0. The van der Waals surface area contributed by atoms with E-state index in [1.165, 1.54) is 0 Å². The van der Waals surface area contributed by atoms with Crippen LogP contribution in [0.25, 0.3) is 6.08 Å². The lowest BCUT2D eigenvalue weighted by atomic mass is 10.0. The zero-order chi connectivity index (χ0) is 16.9. The molecule has 2 amide bonds. The first-order valence-corrected chi connectivity index (χ1v) is 7.58. The van der Waals surface area contributed by atoms with Crippen LogP contribution in [0.4, 0.5) is 4.79 Å². The Labute approximate surface area is 140 Å². The highest BCUT2D eigenvalue weighted by atomic mass is 16.6. The largest absolute Gasteiger partial charge is 0.497 e. The lowest BCUT2D eigenvalue weighted by Crippen LogP contribution is -2.55. The van der Waals surface area contributed by atoms with E-state index in [2.05, 4.69) is 0 Å². The Bertz CT molecular complexity index is 753. The Morgan fingerprint density at radius 1 is 1.08 bits per heavy atom. The van der Waals surface area contributed by atoms with Crippen molar-refractivity contribution >= 4 is 18.1 Å². The van der Waals surface area contributed by atoms with E-state index >= 15 is 0 Å². The number of carbonyl (C=O) groups is 2. The third-order valence-corrected chi connectivity index (χ3v) is 3.76. The molecular formula is C19H17NO4. The average molecular weight is 323 g/mol. The van der Waals surface area contributed by atoms with Crippen LogP contribution in [0.5, 0.6) is 11.5 Å². The summed E-state index contributed by atoms with van der Waals surface area (Å²) in [6.45, 7) is 0. The normalized spacial score (nSPS) is 16.8. The van der Waals surface area contributed by atoms with Gasteiger partial charge in [0, 0.05) is 0 Å². The highest BCUT2D eigenvalue weighted by molar-refractivity contribution is 5.99. The van der Waals surface area contributed by atoms with Crippen LogP contribution in [0.1, 0.15) is 12.0 Å². The molecule has 0 saturated carbocycles. The molecule has 1 heterocycles. The maximum absolute atomic E-state index is 12.2. The van der Waals surface area contributed by atoms with Gasteiger partial charge in [-0.15, -0.1) is 0 Å². The zero-order valence-corrected chi connectivity index (χ0v) is 13.2. The molecule has 0 unspecified atom stereocenters. The molecule has 1 aliphatic rings. The molecule has 1 aliphatic heterocycles. The highest BCUT2D eigenvalue weighted by Gasteiger charge is 2.40. The molecule has 1 atom stereocenters. The minimum absolute atomic E-state index is 0.240. The maximum atomic E-state index is 12.2. The molecule has 3 rings (SSSR count). The van der Waals surface area contributed by atoms with Gasteiger partial charge in [-0.25, -0.2) is 9.69 Å². The van der Waals surface area contributed by atoms with E-state index in [9.17, 15) is 9.59 Å². The van der Waals surface area contributed by atoms with Gasteiger partial charge in [0.2, 0.25) is 5.91 Å². The van der Waals surface area contributed by atoms with E-state index in [1.54, 1.807) is 31.4 Å². The first-order valence-electron chi connectivity index (χ1n) is 7.58. The fraction of sp³-hybridized carbons (Fsp3) is 0.158. The summed E-state index contributed by atoms with van der Waals surface area (Å²) in [7, 11) is 1.56. The minimum Gasteiger partial charge on any atom is -0.497 e. The van der Waals surface area contributed by atoms with E-state index in [0.717, 1.165) is 10.5 Å². The quantitative estimate of drug-likeness (QED) is 0.808. The standard InChI is InChI=1S/C19H17NO4/c1-23-16-9-11-17(12-10-16)24-19(22)20-15(13-18(20)21)8-7-14-5-3-2-4-6-14/h2-12,15H,13H2,1H3/b8-7+/t15-/m1/s1. The van der Waals surface area contributed by atoms with Gasteiger partial charge in [0.25, 0.3) is 0 Å². The summed E-state index contributed by atoms with van der Waals surface area (Å²) in [5, 5.41) is 0. The van der Waals surface area contributed by atoms with Crippen LogP contribution in [0.3, 0.4) is 0 Å². The van der Waals surface area contributed by atoms with Crippen molar-refractivity contribution in [2.75, 3.05) is 7.11 Å². The van der Waals surface area contributed by atoms with Crippen LogP contribution < -0.4 is 9.47 Å².